The number of carboxylic acids is 1. The third-order valence-corrected chi connectivity index (χ3v) is 3.85. The third-order valence-electron chi connectivity index (χ3n) is 3.85. The zero-order chi connectivity index (χ0) is 14.8. The molecule has 0 spiro atoms. The monoisotopic (exact) mass is 277 g/mol. The normalized spacial score (nSPS) is 17.2. The van der Waals surface area contributed by atoms with Gasteiger partial charge in [0.1, 0.15) is 11.3 Å². The van der Waals surface area contributed by atoms with E-state index in [0.717, 1.165) is 12.8 Å². The second kappa shape index (κ2) is 5.53. The van der Waals surface area contributed by atoms with Crippen LogP contribution in [0.2, 0.25) is 0 Å². The molecule has 0 aromatic heterocycles. The molecule has 1 fully saturated rings. The van der Waals surface area contributed by atoms with Gasteiger partial charge >= 0.3 is 5.97 Å². The number of phenols is 1. The summed E-state index contributed by atoms with van der Waals surface area (Å²) in [6.45, 7) is 1.56. The predicted molar refractivity (Wildman–Crippen MR) is 73.3 cm³/mol. The summed E-state index contributed by atoms with van der Waals surface area (Å²) in [7, 11) is 0. The zero-order valence-corrected chi connectivity index (χ0v) is 11.4. The Kier molecular flexibility index (Phi) is 3.97. The van der Waals surface area contributed by atoms with Crippen molar-refractivity contribution in [3.8, 4) is 5.75 Å². The molecule has 1 amide bonds. The maximum atomic E-state index is 11.9. The van der Waals surface area contributed by atoms with Gasteiger partial charge in [0, 0.05) is 6.42 Å². The molecule has 5 nitrogen and oxygen atoms in total. The average molecular weight is 277 g/mol. The highest BCUT2D eigenvalue weighted by molar-refractivity contribution is 5.87. The second-order valence-electron chi connectivity index (χ2n) is 5.46. The molecule has 1 aromatic rings. The molecule has 1 unspecified atom stereocenters. The molecule has 3 N–H and O–H groups in total. The highest BCUT2D eigenvalue weighted by Crippen LogP contribution is 2.39. The van der Waals surface area contributed by atoms with E-state index >= 15 is 0 Å². The molecule has 1 atom stereocenters. The number of nitrogens with one attached hydrogen (secondary N) is 1. The fourth-order valence-corrected chi connectivity index (χ4v) is 2.31. The van der Waals surface area contributed by atoms with Crippen LogP contribution >= 0.6 is 0 Å². The van der Waals surface area contributed by atoms with Crippen LogP contribution in [-0.4, -0.2) is 27.6 Å². The smallest absolute Gasteiger partial charge is 0.329 e. The van der Waals surface area contributed by atoms with E-state index < -0.39 is 11.5 Å². The Bertz CT molecular complexity index is 524. The quantitative estimate of drug-likeness (QED) is 0.738. The number of hydrogen-bond donors (Lipinski definition) is 3. The van der Waals surface area contributed by atoms with E-state index in [2.05, 4.69) is 5.32 Å². The van der Waals surface area contributed by atoms with Crippen molar-refractivity contribution in [3.63, 3.8) is 0 Å². The van der Waals surface area contributed by atoms with Crippen LogP contribution < -0.4 is 5.32 Å². The number of rotatable bonds is 6. The van der Waals surface area contributed by atoms with Crippen LogP contribution in [0.5, 0.6) is 5.75 Å². The molecule has 1 aliphatic rings. The SMILES string of the molecule is CC(NC(=O)CCc1ccccc1O)(C(=O)O)C1CC1. The second-order valence-corrected chi connectivity index (χ2v) is 5.46. The van der Waals surface area contributed by atoms with Crippen molar-refractivity contribution in [1.82, 2.24) is 5.32 Å². The minimum Gasteiger partial charge on any atom is -0.508 e. The Hall–Kier alpha value is -2.04. The number of hydrogen-bond acceptors (Lipinski definition) is 3. The number of carboxylic acid groups (broad SMARTS) is 1. The number of amides is 1. The molecule has 0 bridgehead atoms. The van der Waals surface area contributed by atoms with Crippen LogP contribution in [-0.2, 0) is 16.0 Å². The number of carbonyl (C=O) groups is 2. The Morgan fingerprint density at radius 1 is 1.35 bits per heavy atom. The maximum Gasteiger partial charge on any atom is 0.329 e. The topological polar surface area (TPSA) is 86.6 Å². The fourth-order valence-electron chi connectivity index (χ4n) is 2.31. The van der Waals surface area contributed by atoms with Gasteiger partial charge in [0.05, 0.1) is 0 Å². The summed E-state index contributed by atoms with van der Waals surface area (Å²) in [6, 6.07) is 6.82. The molecule has 0 aliphatic heterocycles. The molecule has 1 aliphatic carbocycles. The number of phenolic OH excluding ortho intramolecular Hbond substituents is 1. The number of carbonyl (C=O) groups excluding carboxylic acids is 1. The highest BCUT2D eigenvalue weighted by atomic mass is 16.4. The third kappa shape index (κ3) is 3.10. The largest absolute Gasteiger partial charge is 0.508 e. The molecule has 1 saturated carbocycles. The molecular formula is C15H19NO4. The van der Waals surface area contributed by atoms with Crippen LogP contribution in [0.25, 0.3) is 0 Å². The Morgan fingerprint density at radius 3 is 2.55 bits per heavy atom. The van der Waals surface area contributed by atoms with E-state index in [-0.39, 0.29) is 24.0 Å². The van der Waals surface area contributed by atoms with Gasteiger partial charge in [0.2, 0.25) is 5.91 Å². The highest BCUT2D eigenvalue weighted by Gasteiger charge is 2.48. The number of benzene rings is 1. The summed E-state index contributed by atoms with van der Waals surface area (Å²) in [5.41, 5.74) is -0.485. The predicted octanol–water partition coefficient (Wildman–Crippen LogP) is 1.69. The molecule has 2 rings (SSSR count). The Labute approximate surface area is 117 Å². The standard InChI is InChI=1S/C15H19NO4/c1-15(14(19)20,11-7-8-11)16-13(18)9-6-10-4-2-3-5-12(10)17/h2-5,11,17H,6-9H2,1H3,(H,16,18)(H,19,20). The van der Waals surface area contributed by atoms with Crippen molar-refractivity contribution in [1.29, 1.82) is 0 Å². The van der Waals surface area contributed by atoms with Crippen molar-refractivity contribution in [2.75, 3.05) is 0 Å². The number of aryl methyl sites for hydroxylation is 1. The first kappa shape index (κ1) is 14.4. The van der Waals surface area contributed by atoms with Gasteiger partial charge in [0.25, 0.3) is 0 Å². The van der Waals surface area contributed by atoms with Gasteiger partial charge in [-0.3, -0.25) is 4.79 Å². The van der Waals surface area contributed by atoms with Gasteiger partial charge < -0.3 is 15.5 Å². The Balaban J connectivity index is 1.92. The minimum atomic E-state index is -1.17. The van der Waals surface area contributed by atoms with E-state index in [1.54, 1.807) is 31.2 Å². The summed E-state index contributed by atoms with van der Waals surface area (Å²) < 4.78 is 0. The average Bonchev–Trinajstić information content (AvgIpc) is 3.22. The van der Waals surface area contributed by atoms with Gasteiger partial charge in [-0.15, -0.1) is 0 Å². The minimum absolute atomic E-state index is 0.0223. The van der Waals surface area contributed by atoms with Crippen LogP contribution in [0.4, 0.5) is 0 Å². The molecule has 108 valence electrons. The maximum absolute atomic E-state index is 11.9. The van der Waals surface area contributed by atoms with E-state index in [0.29, 0.717) is 12.0 Å². The number of aromatic hydroxyl groups is 1. The summed E-state index contributed by atoms with van der Waals surface area (Å²) in [6.07, 6.45) is 2.22. The van der Waals surface area contributed by atoms with Crippen LogP contribution in [0, 0.1) is 5.92 Å². The van der Waals surface area contributed by atoms with E-state index in [1.807, 2.05) is 0 Å². The molecule has 0 saturated heterocycles. The molecule has 0 radical (unpaired) electrons. The summed E-state index contributed by atoms with van der Waals surface area (Å²) >= 11 is 0. The summed E-state index contributed by atoms with van der Waals surface area (Å²) in [5.74, 6) is -1.11. The lowest BCUT2D eigenvalue weighted by Gasteiger charge is -2.26. The summed E-state index contributed by atoms with van der Waals surface area (Å²) in [5, 5.41) is 21.5. The van der Waals surface area contributed by atoms with Gasteiger partial charge in [-0.2, -0.15) is 0 Å². The molecule has 20 heavy (non-hydrogen) atoms. The first-order chi connectivity index (χ1) is 9.43. The number of para-hydroxylation sites is 1. The molecular weight excluding hydrogens is 258 g/mol. The van der Waals surface area contributed by atoms with Gasteiger partial charge in [-0.1, -0.05) is 18.2 Å². The summed E-state index contributed by atoms with van der Waals surface area (Å²) in [4.78, 5) is 23.2. The van der Waals surface area contributed by atoms with Gasteiger partial charge in [-0.25, -0.2) is 4.79 Å². The van der Waals surface area contributed by atoms with Crippen LogP contribution in [0.1, 0.15) is 31.7 Å². The van der Waals surface area contributed by atoms with Crippen LogP contribution in [0.3, 0.4) is 0 Å². The molecule has 1 aromatic carbocycles. The number of aliphatic carboxylic acids is 1. The van der Waals surface area contributed by atoms with Crippen molar-refractivity contribution in [2.45, 2.75) is 38.1 Å². The lowest BCUT2D eigenvalue weighted by molar-refractivity contribution is -0.147. The van der Waals surface area contributed by atoms with Crippen molar-refractivity contribution >= 4 is 11.9 Å². The lowest BCUT2D eigenvalue weighted by atomic mass is 9.95. The molecule has 5 heteroatoms. The molecule has 0 heterocycles. The van der Waals surface area contributed by atoms with Gasteiger partial charge in [0.15, 0.2) is 0 Å². The van der Waals surface area contributed by atoms with E-state index in [1.165, 1.54) is 0 Å². The van der Waals surface area contributed by atoms with E-state index in [4.69, 9.17) is 0 Å². The van der Waals surface area contributed by atoms with E-state index in [9.17, 15) is 19.8 Å². The Morgan fingerprint density at radius 2 is 2.00 bits per heavy atom. The van der Waals surface area contributed by atoms with Crippen molar-refractivity contribution < 1.29 is 19.8 Å². The first-order valence-corrected chi connectivity index (χ1v) is 6.75. The lowest BCUT2D eigenvalue weighted by Crippen LogP contribution is -2.54. The van der Waals surface area contributed by atoms with Crippen LogP contribution in [0.15, 0.2) is 24.3 Å². The van der Waals surface area contributed by atoms with Crippen molar-refractivity contribution in [3.05, 3.63) is 29.8 Å². The first-order valence-electron chi connectivity index (χ1n) is 6.75. The zero-order valence-electron chi connectivity index (χ0n) is 11.4. The fraction of sp³-hybridized carbons (Fsp3) is 0.467. The van der Waals surface area contributed by atoms with Gasteiger partial charge in [-0.05, 0) is 43.7 Å². The van der Waals surface area contributed by atoms with Crippen molar-refractivity contribution in [2.24, 2.45) is 5.92 Å².